The van der Waals surface area contributed by atoms with Crippen LogP contribution in [0, 0.1) is 0 Å². The molecular formula is C12H16BrNO3. The highest BCUT2D eigenvalue weighted by Crippen LogP contribution is 2.33. The van der Waals surface area contributed by atoms with E-state index in [1.54, 1.807) is 14.2 Å². The predicted octanol–water partition coefficient (Wildman–Crippen LogP) is 1.95. The van der Waals surface area contributed by atoms with E-state index < -0.39 is 0 Å². The summed E-state index contributed by atoms with van der Waals surface area (Å²) in [6, 6.07) is 4.37. The number of methoxy groups -OCH3 is 2. The summed E-state index contributed by atoms with van der Waals surface area (Å²) in [5.74, 6) is 1.48. The highest BCUT2D eigenvalue weighted by molar-refractivity contribution is 9.10. The van der Waals surface area contributed by atoms with Crippen LogP contribution in [0.5, 0.6) is 11.5 Å². The highest BCUT2D eigenvalue weighted by atomic mass is 79.9. The van der Waals surface area contributed by atoms with Crippen LogP contribution in [0.1, 0.15) is 5.56 Å². The maximum absolute atomic E-state index is 5.28. The first kappa shape index (κ1) is 12.7. The molecule has 1 heterocycles. The third kappa shape index (κ3) is 2.91. The lowest BCUT2D eigenvalue weighted by atomic mass is 10.1. The summed E-state index contributed by atoms with van der Waals surface area (Å²) in [6.45, 7) is 2.38. The Kier molecular flexibility index (Phi) is 4.25. The molecule has 2 rings (SSSR count). The lowest BCUT2D eigenvalue weighted by molar-refractivity contribution is -0.00581. The highest BCUT2D eigenvalue weighted by Gasteiger charge is 2.18. The average molecular weight is 302 g/mol. The molecule has 1 saturated heterocycles. The molecule has 0 atom stereocenters. The van der Waals surface area contributed by atoms with Crippen LogP contribution in [0.15, 0.2) is 16.6 Å². The number of hydrogen-bond donors (Lipinski definition) is 1. The van der Waals surface area contributed by atoms with E-state index in [1.165, 1.54) is 0 Å². The second-order valence-corrected chi connectivity index (χ2v) is 4.77. The Balaban J connectivity index is 2.09. The molecule has 0 radical (unpaired) electrons. The summed E-state index contributed by atoms with van der Waals surface area (Å²) in [7, 11) is 3.27. The van der Waals surface area contributed by atoms with E-state index in [4.69, 9.17) is 14.2 Å². The Bertz CT molecular complexity index is 394. The van der Waals surface area contributed by atoms with E-state index in [0.717, 1.165) is 41.3 Å². The number of halogens is 1. The first-order valence-corrected chi connectivity index (χ1v) is 6.25. The molecule has 1 aliphatic rings. The maximum atomic E-state index is 5.28. The number of nitrogens with one attached hydrogen (secondary N) is 1. The van der Waals surface area contributed by atoms with Gasteiger partial charge in [-0.1, -0.05) is 15.9 Å². The van der Waals surface area contributed by atoms with Gasteiger partial charge in [0.2, 0.25) is 0 Å². The third-order valence-corrected chi connectivity index (χ3v) is 3.51. The van der Waals surface area contributed by atoms with Crippen LogP contribution < -0.4 is 14.8 Å². The van der Waals surface area contributed by atoms with Gasteiger partial charge >= 0.3 is 0 Å². The van der Waals surface area contributed by atoms with E-state index in [0.29, 0.717) is 6.04 Å². The van der Waals surface area contributed by atoms with Crippen LogP contribution in [-0.4, -0.2) is 33.5 Å². The molecular weight excluding hydrogens is 286 g/mol. The molecule has 0 spiro atoms. The van der Waals surface area contributed by atoms with Gasteiger partial charge in [-0.25, -0.2) is 0 Å². The standard InChI is InChI=1S/C12H16BrNO3/c1-15-11-3-8(5-14-9-6-17-7-9)10(13)4-12(11)16-2/h3-4,9,14H,5-7H2,1-2H3. The third-order valence-electron chi connectivity index (χ3n) is 2.77. The summed E-state index contributed by atoms with van der Waals surface area (Å²) in [5.41, 5.74) is 1.15. The van der Waals surface area contributed by atoms with E-state index in [9.17, 15) is 0 Å². The van der Waals surface area contributed by atoms with Gasteiger partial charge in [-0.15, -0.1) is 0 Å². The molecule has 4 nitrogen and oxygen atoms in total. The Labute approximate surface area is 109 Å². The maximum Gasteiger partial charge on any atom is 0.161 e. The van der Waals surface area contributed by atoms with E-state index in [1.807, 2.05) is 12.1 Å². The van der Waals surface area contributed by atoms with Crippen LogP contribution >= 0.6 is 15.9 Å². The lowest BCUT2D eigenvalue weighted by Crippen LogP contribution is -2.45. The van der Waals surface area contributed by atoms with E-state index in [-0.39, 0.29) is 0 Å². The van der Waals surface area contributed by atoms with Crippen LogP contribution in [0.3, 0.4) is 0 Å². The molecule has 0 aromatic heterocycles. The molecule has 0 saturated carbocycles. The van der Waals surface area contributed by atoms with Crippen LogP contribution in [0.25, 0.3) is 0 Å². The fourth-order valence-corrected chi connectivity index (χ4v) is 2.10. The minimum atomic E-state index is 0.468. The van der Waals surface area contributed by atoms with Crippen molar-refractivity contribution < 1.29 is 14.2 Å². The Morgan fingerprint density at radius 2 is 1.94 bits per heavy atom. The van der Waals surface area contributed by atoms with Gasteiger partial charge in [0, 0.05) is 11.0 Å². The van der Waals surface area contributed by atoms with Gasteiger partial charge in [0.25, 0.3) is 0 Å². The predicted molar refractivity (Wildman–Crippen MR) is 68.7 cm³/mol. The molecule has 1 aromatic rings. The molecule has 1 aliphatic heterocycles. The molecule has 5 heteroatoms. The second-order valence-electron chi connectivity index (χ2n) is 3.91. The van der Waals surface area contributed by atoms with Crippen molar-refractivity contribution in [1.29, 1.82) is 0 Å². The molecule has 0 aliphatic carbocycles. The molecule has 0 amide bonds. The van der Waals surface area contributed by atoms with Gasteiger partial charge in [-0.2, -0.15) is 0 Å². The number of rotatable bonds is 5. The molecule has 17 heavy (non-hydrogen) atoms. The average Bonchev–Trinajstić information content (AvgIpc) is 2.28. The van der Waals surface area contributed by atoms with Crippen LogP contribution in [0.2, 0.25) is 0 Å². The largest absolute Gasteiger partial charge is 0.493 e. The first-order chi connectivity index (χ1) is 8.24. The minimum Gasteiger partial charge on any atom is -0.493 e. The first-order valence-electron chi connectivity index (χ1n) is 5.46. The number of benzene rings is 1. The summed E-state index contributed by atoms with van der Waals surface area (Å²) in [6.07, 6.45) is 0. The molecule has 1 fully saturated rings. The Morgan fingerprint density at radius 3 is 2.47 bits per heavy atom. The van der Waals surface area contributed by atoms with Gasteiger partial charge < -0.3 is 19.5 Å². The number of ether oxygens (including phenoxy) is 3. The second kappa shape index (κ2) is 5.71. The smallest absolute Gasteiger partial charge is 0.161 e. The normalized spacial score (nSPS) is 15.5. The zero-order chi connectivity index (χ0) is 12.3. The van der Waals surface area contributed by atoms with Crippen molar-refractivity contribution in [2.24, 2.45) is 0 Å². The quantitative estimate of drug-likeness (QED) is 0.902. The monoisotopic (exact) mass is 301 g/mol. The fourth-order valence-electron chi connectivity index (χ4n) is 1.64. The fraction of sp³-hybridized carbons (Fsp3) is 0.500. The van der Waals surface area contributed by atoms with Gasteiger partial charge in [0.1, 0.15) is 0 Å². The van der Waals surface area contributed by atoms with Gasteiger partial charge in [-0.05, 0) is 17.7 Å². The minimum absolute atomic E-state index is 0.468. The van der Waals surface area contributed by atoms with E-state index >= 15 is 0 Å². The van der Waals surface area contributed by atoms with Crippen molar-refractivity contribution >= 4 is 15.9 Å². The summed E-state index contributed by atoms with van der Waals surface area (Å²) >= 11 is 3.53. The zero-order valence-corrected chi connectivity index (χ0v) is 11.5. The summed E-state index contributed by atoms with van der Waals surface area (Å²) in [5, 5.41) is 3.41. The van der Waals surface area contributed by atoms with Gasteiger partial charge in [-0.3, -0.25) is 0 Å². The van der Waals surface area contributed by atoms with E-state index in [2.05, 4.69) is 21.2 Å². The van der Waals surface area contributed by atoms with Crippen molar-refractivity contribution in [3.8, 4) is 11.5 Å². The molecule has 0 bridgehead atoms. The van der Waals surface area contributed by atoms with Crippen molar-refractivity contribution in [3.05, 3.63) is 22.2 Å². The van der Waals surface area contributed by atoms with Crippen molar-refractivity contribution in [3.63, 3.8) is 0 Å². The van der Waals surface area contributed by atoms with Crippen molar-refractivity contribution in [2.75, 3.05) is 27.4 Å². The summed E-state index contributed by atoms with van der Waals surface area (Å²) < 4.78 is 16.6. The number of hydrogen-bond acceptors (Lipinski definition) is 4. The SMILES string of the molecule is COc1cc(Br)c(CNC2COC2)cc1OC. The van der Waals surface area contributed by atoms with Gasteiger partial charge in [0.05, 0.1) is 33.5 Å². The van der Waals surface area contributed by atoms with Crippen molar-refractivity contribution in [1.82, 2.24) is 5.32 Å². The van der Waals surface area contributed by atoms with Crippen LogP contribution in [0.4, 0.5) is 0 Å². The van der Waals surface area contributed by atoms with Crippen molar-refractivity contribution in [2.45, 2.75) is 12.6 Å². The molecule has 1 N–H and O–H groups in total. The Hall–Kier alpha value is -0.780. The topological polar surface area (TPSA) is 39.7 Å². The molecule has 94 valence electrons. The molecule has 1 aromatic carbocycles. The van der Waals surface area contributed by atoms with Gasteiger partial charge in [0.15, 0.2) is 11.5 Å². The Morgan fingerprint density at radius 1 is 1.29 bits per heavy atom. The lowest BCUT2D eigenvalue weighted by Gasteiger charge is -2.27. The zero-order valence-electron chi connectivity index (χ0n) is 9.96. The molecule has 0 unspecified atom stereocenters. The van der Waals surface area contributed by atoms with Crippen LogP contribution in [-0.2, 0) is 11.3 Å². The summed E-state index contributed by atoms with van der Waals surface area (Å²) in [4.78, 5) is 0.